The lowest BCUT2D eigenvalue weighted by atomic mass is 9.93. The minimum atomic E-state index is -0.921. The molecule has 2 heterocycles. The molecule has 0 aliphatic carbocycles. The topological polar surface area (TPSA) is 70.5 Å². The van der Waals surface area contributed by atoms with Crippen LogP contribution in [0.15, 0.2) is 36.5 Å². The Bertz CT molecular complexity index is 713. The van der Waals surface area contributed by atoms with Crippen LogP contribution in [0.2, 0.25) is 0 Å². The van der Waals surface area contributed by atoms with E-state index in [4.69, 9.17) is 0 Å². The number of pyridine rings is 1. The summed E-state index contributed by atoms with van der Waals surface area (Å²) in [6.45, 7) is 2.39. The predicted octanol–water partition coefficient (Wildman–Crippen LogP) is 2.23. The molecule has 2 unspecified atom stereocenters. The van der Waals surface area contributed by atoms with Crippen LogP contribution in [0.1, 0.15) is 24.9 Å². The fourth-order valence-corrected chi connectivity index (χ4v) is 3.08. The Balaban J connectivity index is 2.08. The Labute approximate surface area is 122 Å². The predicted molar refractivity (Wildman–Crippen MR) is 77.6 cm³/mol. The molecule has 5 nitrogen and oxygen atoms in total. The number of hydrogen-bond donors (Lipinski definition) is 1. The maximum Gasteiger partial charge on any atom is 0.309 e. The van der Waals surface area contributed by atoms with Gasteiger partial charge in [-0.1, -0.05) is 12.1 Å². The van der Waals surface area contributed by atoms with Crippen molar-refractivity contribution in [3.05, 3.63) is 42.1 Å². The highest BCUT2D eigenvalue weighted by Crippen LogP contribution is 2.38. The van der Waals surface area contributed by atoms with E-state index in [0.29, 0.717) is 6.54 Å². The maximum absolute atomic E-state index is 12.0. The highest BCUT2D eigenvalue weighted by atomic mass is 16.4. The number of nitrogens with zero attached hydrogens (tertiary/aromatic N) is 2. The van der Waals surface area contributed by atoms with Crippen LogP contribution in [0.25, 0.3) is 10.9 Å². The number of amides is 1. The van der Waals surface area contributed by atoms with E-state index in [0.717, 1.165) is 16.5 Å². The number of carboxylic acids is 1. The number of likely N-dealkylation sites (tertiary alicyclic amines) is 1. The van der Waals surface area contributed by atoms with E-state index in [2.05, 4.69) is 4.98 Å². The molecule has 1 fully saturated rings. The first kappa shape index (κ1) is 13.5. The molecule has 0 saturated carbocycles. The number of aliphatic carboxylic acids is 1. The second kappa shape index (κ2) is 5.16. The van der Waals surface area contributed by atoms with Crippen LogP contribution in [-0.4, -0.2) is 33.4 Å². The van der Waals surface area contributed by atoms with Crippen molar-refractivity contribution in [1.29, 1.82) is 0 Å². The molecule has 21 heavy (non-hydrogen) atoms. The van der Waals surface area contributed by atoms with Gasteiger partial charge in [-0.15, -0.1) is 0 Å². The average molecular weight is 284 g/mol. The molecule has 0 bridgehead atoms. The van der Waals surface area contributed by atoms with Crippen molar-refractivity contribution < 1.29 is 14.7 Å². The van der Waals surface area contributed by atoms with Gasteiger partial charge in [0.15, 0.2) is 0 Å². The molecule has 108 valence electrons. The van der Waals surface area contributed by atoms with Crippen LogP contribution >= 0.6 is 0 Å². The van der Waals surface area contributed by atoms with Crippen molar-refractivity contribution in [3.63, 3.8) is 0 Å². The number of hydrogen-bond acceptors (Lipinski definition) is 3. The van der Waals surface area contributed by atoms with Crippen LogP contribution < -0.4 is 0 Å². The molecule has 3 rings (SSSR count). The molecular formula is C16H16N2O3. The second-order valence-electron chi connectivity index (χ2n) is 5.23. The van der Waals surface area contributed by atoms with Crippen molar-refractivity contribution in [2.24, 2.45) is 5.92 Å². The van der Waals surface area contributed by atoms with Crippen LogP contribution in [0.3, 0.4) is 0 Å². The number of aromatic nitrogens is 1. The smallest absolute Gasteiger partial charge is 0.309 e. The zero-order valence-corrected chi connectivity index (χ0v) is 11.7. The lowest BCUT2D eigenvalue weighted by Crippen LogP contribution is -2.30. The van der Waals surface area contributed by atoms with Gasteiger partial charge in [-0.3, -0.25) is 14.6 Å². The van der Waals surface area contributed by atoms with Crippen LogP contribution in [0, 0.1) is 5.92 Å². The molecule has 1 aliphatic rings. The molecule has 1 aromatic heterocycles. The lowest BCUT2D eigenvalue weighted by Gasteiger charge is -2.26. The summed E-state index contributed by atoms with van der Waals surface area (Å²) >= 11 is 0. The molecule has 1 aliphatic heterocycles. The van der Waals surface area contributed by atoms with Gasteiger partial charge in [0, 0.05) is 24.5 Å². The largest absolute Gasteiger partial charge is 0.481 e. The highest BCUT2D eigenvalue weighted by molar-refractivity contribution is 5.88. The van der Waals surface area contributed by atoms with E-state index in [1.54, 1.807) is 11.1 Å². The number of fused-ring (bicyclic) bond motifs is 1. The van der Waals surface area contributed by atoms with Gasteiger partial charge in [0.05, 0.1) is 17.5 Å². The van der Waals surface area contributed by atoms with Crippen molar-refractivity contribution in [1.82, 2.24) is 9.88 Å². The Hall–Kier alpha value is -2.43. The van der Waals surface area contributed by atoms with E-state index >= 15 is 0 Å². The summed E-state index contributed by atoms with van der Waals surface area (Å²) in [5.41, 5.74) is 1.72. The molecule has 5 heteroatoms. The van der Waals surface area contributed by atoms with Gasteiger partial charge >= 0.3 is 5.97 Å². The van der Waals surface area contributed by atoms with Gasteiger partial charge in [-0.25, -0.2) is 0 Å². The quantitative estimate of drug-likeness (QED) is 0.938. The maximum atomic E-state index is 12.0. The Morgan fingerprint density at radius 2 is 2.24 bits per heavy atom. The van der Waals surface area contributed by atoms with Gasteiger partial charge in [-0.05, 0) is 30.7 Å². The van der Waals surface area contributed by atoms with Gasteiger partial charge in [0.2, 0.25) is 5.91 Å². The standard InChI is InChI=1S/C16H16N2O3/c1-2-18-14(19)9-12(16(20)21)15(18)11-5-6-13-10(8-11)4-3-7-17-13/h3-8,12,15H,2,9H2,1H3,(H,20,21). The van der Waals surface area contributed by atoms with E-state index in [-0.39, 0.29) is 12.3 Å². The minimum absolute atomic E-state index is 0.0684. The third-order valence-electron chi connectivity index (χ3n) is 4.06. The van der Waals surface area contributed by atoms with Crippen LogP contribution in [0.5, 0.6) is 0 Å². The summed E-state index contributed by atoms with van der Waals surface area (Å²) in [5, 5.41) is 10.4. The first-order valence-electron chi connectivity index (χ1n) is 6.98. The molecular weight excluding hydrogens is 268 g/mol. The number of rotatable bonds is 3. The first-order chi connectivity index (χ1) is 10.1. The molecule has 0 spiro atoms. The Morgan fingerprint density at radius 3 is 2.95 bits per heavy atom. The minimum Gasteiger partial charge on any atom is -0.481 e. The zero-order valence-electron chi connectivity index (χ0n) is 11.7. The Morgan fingerprint density at radius 1 is 1.43 bits per heavy atom. The summed E-state index contributed by atoms with van der Waals surface area (Å²) in [6.07, 6.45) is 1.79. The lowest BCUT2D eigenvalue weighted by molar-refractivity contribution is -0.142. The van der Waals surface area contributed by atoms with E-state index in [1.165, 1.54) is 0 Å². The van der Waals surface area contributed by atoms with Gasteiger partial charge in [0.25, 0.3) is 0 Å². The number of carbonyl (C=O) groups is 2. The third-order valence-corrected chi connectivity index (χ3v) is 4.06. The molecule has 0 radical (unpaired) electrons. The normalized spacial score (nSPS) is 22.0. The summed E-state index contributed by atoms with van der Waals surface area (Å²) in [5.74, 6) is -1.71. The van der Waals surface area contributed by atoms with E-state index in [9.17, 15) is 14.7 Å². The molecule has 1 aromatic carbocycles. The van der Waals surface area contributed by atoms with Gasteiger partial charge in [0.1, 0.15) is 0 Å². The first-order valence-corrected chi connectivity index (χ1v) is 6.98. The highest BCUT2D eigenvalue weighted by Gasteiger charge is 2.43. The fraction of sp³-hybridized carbons (Fsp3) is 0.312. The van der Waals surface area contributed by atoms with Crippen molar-refractivity contribution in [2.45, 2.75) is 19.4 Å². The molecule has 2 atom stereocenters. The number of carboxylic acid groups (broad SMARTS) is 1. The Kier molecular flexibility index (Phi) is 3.33. The monoisotopic (exact) mass is 284 g/mol. The van der Waals surface area contributed by atoms with E-state index in [1.807, 2.05) is 37.3 Å². The number of benzene rings is 1. The summed E-state index contributed by atoms with van der Waals surface area (Å²) in [6, 6.07) is 9.07. The van der Waals surface area contributed by atoms with Crippen LogP contribution in [-0.2, 0) is 9.59 Å². The fourth-order valence-electron chi connectivity index (χ4n) is 3.08. The summed E-state index contributed by atoms with van der Waals surface area (Å²) in [4.78, 5) is 29.4. The molecule has 1 saturated heterocycles. The summed E-state index contributed by atoms with van der Waals surface area (Å²) in [7, 11) is 0. The molecule has 1 amide bonds. The average Bonchev–Trinajstić information content (AvgIpc) is 2.83. The zero-order chi connectivity index (χ0) is 15.0. The van der Waals surface area contributed by atoms with Crippen molar-refractivity contribution in [2.75, 3.05) is 6.54 Å². The molecule has 1 N–H and O–H groups in total. The van der Waals surface area contributed by atoms with E-state index < -0.39 is 17.9 Å². The van der Waals surface area contributed by atoms with Gasteiger partial charge < -0.3 is 10.0 Å². The number of carbonyl (C=O) groups excluding carboxylic acids is 1. The second-order valence-corrected chi connectivity index (χ2v) is 5.23. The SMILES string of the molecule is CCN1C(=O)CC(C(=O)O)C1c1ccc2ncccc2c1. The van der Waals surface area contributed by atoms with Crippen molar-refractivity contribution >= 4 is 22.8 Å². The summed E-state index contributed by atoms with van der Waals surface area (Å²) < 4.78 is 0. The van der Waals surface area contributed by atoms with Crippen molar-refractivity contribution in [3.8, 4) is 0 Å². The third kappa shape index (κ3) is 2.24. The molecule has 2 aromatic rings. The van der Waals surface area contributed by atoms with Gasteiger partial charge in [-0.2, -0.15) is 0 Å². The van der Waals surface area contributed by atoms with Crippen LogP contribution in [0.4, 0.5) is 0 Å².